The minimum atomic E-state index is -1.11. The van der Waals surface area contributed by atoms with E-state index in [4.69, 9.17) is 18.9 Å². The Labute approximate surface area is 280 Å². The maximum atomic E-state index is 14.3. The number of carbonyl (C=O) groups excluding carboxylic acids is 4. The van der Waals surface area contributed by atoms with Crippen LogP contribution in [0, 0.1) is 5.92 Å². The lowest BCUT2D eigenvalue weighted by molar-refractivity contribution is -0.150. The molecule has 3 aliphatic rings. The van der Waals surface area contributed by atoms with Crippen molar-refractivity contribution in [3.8, 4) is 11.6 Å². The molecule has 0 bridgehead atoms. The van der Waals surface area contributed by atoms with E-state index in [0.717, 1.165) is 42.2 Å². The summed E-state index contributed by atoms with van der Waals surface area (Å²) in [6.07, 6.45) is 4.60. The molecule has 2 saturated heterocycles. The zero-order valence-corrected chi connectivity index (χ0v) is 28.7. The number of hydrogen-bond acceptors (Lipinski definition) is 10. The van der Waals surface area contributed by atoms with E-state index in [1.807, 2.05) is 24.3 Å². The molecule has 0 spiro atoms. The summed E-state index contributed by atoms with van der Waals surface area (Å²) < 4.78 is 22.7. The van der Waals surface area contributed by atoms with Gasteiger partial charge in [-0.1, -0.05) is 12.8 Å². The van der Waals surface area contributed by atoms with E-state index < -0.39 is 53.2 Å². The lowest BCUT2D eigenvalue weighted by Gasteiger charge is -2.30. The molecule has 3 fully saturated rings. The maximum absolute atomic E-state index is 14.3. The van der Waals surface area contributed by atoms with Gasteiger partial charge >= 0.3 is 12.1 Å². The number of esters is 1. The summed E-state index contributed by atoms with van der Waals surface area (Å²) in [5.41, 5.74) is -1.87. The first-order valence-electron chi connectivity index (χ1n) is 16.4. The molecule has 2 N–H and O–H groups in total. The third-order valence-electron chi connectivity index (χ3n) is 8.77. The van der Waals surface area contributed by atoms with Crippen molar-refractivity contribution in [2.75, 3.05) is 31.8 Å². The molecule has 13 heteroatoms. The van der Waals surface area contributed by atoms with Crippen molar-refractivity contribution in [2.24, 2.45) is 5.92 Å². The van der Waals surface area contributed by atoms with Crippen LogP contribution in [0.5, 0.6) is 11.6 Å². The highest BCUT2D eigenvalue weighted by atomic mass is 32.2. The van der Waals surface area contributed by atoms with Gasteiger partial charge in [0.05, 0.1) is 20.3 Å². The first-order valence-corrected chi connectivity index (χ1v) is 17.6. The van der Waals surface area contributed by atoms with Crippen LogP contribution in [-0.4, -0.2) is 94.9 Å². The van der Waals surface area contributed by atoms with Gasteiger partial charge in [-0.3, -0.25) is 9.59 Å². The zero-order valence-electron chi connectivity index (χ0n) is 27.8. The fraction of sp³-hybridized carbons (Fsp3) is 0.618. The third-order valence-corrected chi connectivity index (χ3v) is 9.91. The Kier molecular flexibility index (Phi) is 10.7. The number of benzene rings is 1. The average Bonchev–Trinajstić information content (AvgIpc) is 3.55. The fourth-order valence-corrected chi connectivity index (χ4v) is 7.41. The first kappa shape index (κ1) is 34.6. The number of aromatic nitrogens is 1. The lowest BCUT2D eigenvalue weighted by Crippen LogP contribution is -2.57. The quantitative estimate of drug-likeness (QED) is 0.429. The molecule has 12 nitrogen and oxygen atoms in total. The highest BCUT2D eigenvalue weighted by molar-refractivity contribution is 7.99. The monoisotopic (exact) mass is 670 g/mol. The Bertz CT molecular complexity index is 1480. The Balaban J connectivity index is 1.44. The minimum absolute atomic E-state index is 0.0284. The number of rotatable bonds is 6. The van der Waals surface area contributed by atoms with E-state index in [9.17, 15) is 19.2 Å². The predicted molar refractivity (Wildman–Crippen MR) is 177 cm³/mol. The van der Waals surface area contributed by atoms with Gasteiger partial charge < -0.3 is 34.5 Å². The van der Waals surface area contributed by atoms with Gasteiger partial charge in [-0.2, -0.15) is 11.8 Å². The number of fused-ring (bicyclic) bond motifs is 3. The number of nitrogens with one attached hydrogen (secondary N) is 2. The van der Waals surface area contributed by atoms with Crippen LogP contribution < -0.4 is 20.1 Å². The summed E-state index contributed by atoms with van der Waals surface area (Å²) in [4.78, 5) is 60.4. The van der Waals surface area contributed by atoms with Crippen LogP contribution in [0.3, 0.4) is 0 Å². The van der Waals surface area contributed by atoms with Crippen molar-refractivity contribution in [3.05, 3.63) is 30.5 Å². The maximum Gasteiger partial charge on any atom is 0.408 e. The van der Waals surface area contributed by atoms with E-state index in [-0.39, 0.29) is 25.5 Å². The van der Waals surface area contributed by atoms with Gasteiger partial charge in [-0.15, -0.1) is 0 Å². The number of ether oxygens (including phenoxy) is 4. The molecular weight excluding hydrogens is 624 g/mol. The molecule has 47 heavy (non-hydrogen) atoms. The highest BCUT2D eigenvalue weighted by Crippen LogP contribution is 2.48. The average molecular weight is 671 g/mol. The number of pyridine rings is 1. The van der Waals surface area contributed by atoms with Crippen LogP contribution in [0.1, 0.15) is 66.2 Å². The molecule has 1 aromatic heterocycles. The highest BCUT2D eigenvalue weighted by Gasteiger charge is 2.62. The molecule has 1 unspecified atom stereocenters. The second-order valence-corrected chi connectivity index (χ2v) is 14.5. The van der Waals surface area contributed by atoms with Gasteiger partial charge in [-0.25, -0.2) is 14.6 Å². The Morgan fingerprint density at radius 2 is 1.98 bits per heavy atom. The first-order chi connectivity index (χ1) is 22.4. The molecule has 0 radical (unpaired) electrons. The largest absolute Gasteiger partial charge is 0.497 e. The molecule has 1 aromatic carbocycles. The molecule has 2 aromatic rings. The zero-order chi connectivity index (χ0) is 33.8. The SMILES string of the molecule is CCOC(=O)[C@@]12C[C@H]1CCCCCSC[C@H](NC(=O)OC(C)(C)C)C(=O)N1C[C@H](Oc3nccc4cc(OC)ccc34)CC1C(=O)N2. The fourth-order valence-electron chi connectivity index (χ4n) is 6.37. The van der Waals surface area contributed by atoms with E-state index in [2.05, 4.69) is 15.6 Å². The molecule has 1 saturated carbocycles. The normalized spacial score (nSPS) is 27.0. The van der Waals surface area contributed by atoms with Crippen LogP contribution >= 0.6 is 11.8 Å². The Hall–Kier alpha value is -3.74. The summed E-state index contributed by atoms with van der Waals surface area (Å²) in [6, 6.07) is 5.52. The molecular formula is C34H46N4O8S. The number of hydrogen-bond donors (Lipinski definition) is 2. The Morgan fingerprint density at radius 3 is 2.72 bits per heavy atom. The standard InChI is InChI=1S/C34H46N4O8S/c1-6-44-31(41)34-18-22(34)10-8-7-9-15-47-20-26(36-32(42)46-33(2,3)4)30(40)38-19-24(17-27(38)28(39)37-34)45-29-25-12-11-23(43-5)16-21(25)13-14-35-29/h11-14,16,22,24,26-27H,6-10,15,17-20H2,1-5H3,(H,36,42)(H,37,39)/t22-,24-,26+,27?,34-/m1/s1. The summed E-state index contributed by atoms with van der Waals surface area (Å²) in [5, 5.41) is 7.40. The summed E-state index contributed by atoms with van der Waals surface area (Å²) in [6.45, 7) is 7.29. The van der Waals surface area contributed by atoms with Gasteiger partial charge in [0.25, 0.3) is 0 Å². The topological polar surface area (TPSA) is 145 Å². The minimum Gasteiger partial charge on any atom is -0.497 e. The number of thioether (sulfide) groups is 1. The summed E-state index contributed by atoms with van der Waals surface area (Å²) >= 11 is 1.58. The summed E-state index contributed by atoms with van der Waals surface area (Å²) in [5.74, 6) is 0.843. The van der Waals surface area contributed by atoms with Crippen molar-refractivity contribution in [1.29, 1.82) is 0 Å². The van der Waals surface area contributed by atoms with E-state index >= 15 is 0 Å². The van der Waals surface area contributed by atoms with Crippen LogP contribution in [0.15, 0.2) is 30.5 Å². The Morgan fingerprint density at radius 1 is 1.17 bits per heavy atom. The molecule has 2 aliphatic heterocycles. The summed E-state index contributed by atoms with van der Waals surface area (Å²) in [7, 11) is 1.60. The molecule has 3 amide bonds. The van der Waals surface area contributed by atoms with Gasteiger partial charge in [-0.05, 0) is 88.3 Å². The van der Waals surface area contributed by atoms with Gasteiger partial charge in [0.2, 0.25) is 17.7 Å². The number of alkyl carbamates (subject to hydrolysis) is 1. The molecule has 5 rings (SSSR count). The van der Waals surface area contributed by atoms with Crippen molar-refractivity contribution in [2.45, 2.75) is 95.5 Å². The molecule has 5 atom stereocenters. The van der Waals surface area contributed by atoms with Gasteiger partial charge in [0.1, 0.15) is 35.1 Å². The molecule has 3 heterocycles. The van der Waals surface area contributed by atoms with E-state index in [1.54, 1.807) is 52.8 Å². The van der Waals surface area contributed by atoms with E-state index in [1.165, 1.54) is 4.90 Å². The molecule has 256 valence electrons. The van der Waals surface area contributed by atoms with Crippen molar-refractivity contribution >= 4 is 46.4 Å². The van der Waals surface area contributed by atoms with Crippen molar-refractivity contribution in [3.63, 3.8) is 0 Å². The van der Waals surface area contributed by atoms with Crippen LogP contribution in [0.4, 0.5) is 4.79 Å². The van der Waals surface area contributed by atoms with Crippen molar-refractivity contribution in [1.82, 2.24) is 20.5 Å². The number of nitrogens with zero attached hydrogens (tertiary/aromatic N) is 2. The predicted octanol–water partition coefficient (Wildman–Crippen LogP) is 4.23. The van der Waals surface area contributed by atoms with Gasteiger partial charge in [0.15, 0.2) is 0 Å². The third kappa shape index (κ3) is 8.22. The number of methoxy groups -OCH3 is 1. The lowest BCUT2D eigenvalue weighted by atomic mass is 10.1. The van der Waals surface area contributed by atoms with Crippen molar-refractivity contribution < 1.29 is 38.1 Å². The van der Waals surface area contributed by atoms with Gasteiger partial charge in [0, 0.05) is 23.8 Å². The molecule has 1 aliphatic carbocycles. The van der Waals surface area contributed by atoms with Crippen LogP contribution in [-0.2, 0) is 23.9 Å². The number of carbonyl (C=O) groups is 4. The second kappa shape index (κ2) is 14.6. The van der Waals surface area contributed by atoms with E-state index in [0.29, 0.717) is 23.8 Å². The van der Waals surface area contributed by atoms with Crippen LogP contribution in [0.2, 0.25) is 0 Å². The number of amides is 3. The van der Waals surface area contributed by atoms with Crippen LogP contribution in [0.25, 0.3) is 10.8 Å². The second-order valence-electron chi connectivity index (χ2n) is 13.4. The smallest absolute Gasteiger partial charge is 0.408 e.